The number of carbonyl (C=O) groups excluding carboxylic acids is 1. The van der Waals surface area contributed by atoms with Crippen molar-refractivity contribution in [3.63, 3.8) is 0 Å². The summed E-state index contributed by atoms with van der Waals surface area (Å²) in [6.45, 7) is 2.01. The van der Waals surface area contributed by atoms with Crippen molar-refractivity contribution in [1.82, 2.24) is 14.9 Å². The number of amides is 1. The van der Waals surface area contributed by atoms with Crippen LogP contribution >= 0.6 is 15.9 Å². The fourth-order valence-electron chi connectivity index (χ4n) is 3.74. The Labute approximate surface area is 176 Å². The lowest BCUT2D eigenvalue weighted by Crippen LogP contribution is -2.44. The molecule has 0 fully saturated rings. The third-order valence-electron chi connectivity index (χ3n) is 5.08. The molecule has 2 heterocycles. The number of aromatic nitrogens is 2. The number of aryl methyl sites for hydroxylation is 1. The second kappa shape index (κ2) is 7.75. The molecule has 0 saturated carbocycles. The molecular weight excluding hydrogens is 434 g/mol. The van der Waals surface area contributed by atoms with E-state index in [1.54, 1.807) is 41.6 Å². The van der Waals surface area contributed by atoms with Crippen molar-refractivity contribution in [2.75, 3.05) is 0 Å². The maximum absolute atomic E-state index is 13.4. The molecular formula is C22H18BrN3O3. The monoisotopic (exact) mass is 451 g/mol. The van der Waals surface area contributed by atoms with Crippen LogP contribution in [0.5, 0.6) is 0 Å². The molecule has 0 spiro atoms. The molecule has 7 heteroatoms. The molecule has 29 heavy (non-hydrogen) atoms. The van der Waals surface area contributed by atoms with Crippen LogP contribution in [0.4, 0.5) is 0 Å². The van der Waals surface area contributed by atoms with Crippen molar-refractivity contribution in [1.29, 1.82) is 0 Å². The van der Waals surface area contributed by atoms with Gasteiger partial charge in [0.15, 0.2) is 0 Å². The van der Waals surface area contributed by atoms with E-state index in [4.69, 9.17) is 0 Å². The highest BCUT2D eigenvalue weighted by molar-refractivity contribution is 9.10. The van der Waals surface area contributed by atoms with E-state index in [-0.39, 0.29) is 12.5 Å². The first-order valence-electron chi connectivity index (χ1n) is 9.11. The number of fused-ring (bicyclic) bond motifs is 1. The van der Waals surface area contributed by atoms with Crippen LogP contribution in [0.25, 0.3) is 0 Å². The molecule has 2 aromatic carbocycles. The Balaban J connectivity index is 1.87. The number of halogens is 1. The van der Waals surface area contributed by atoms with Gasteiger partial charge in [0, 0.05) is 16.2 Å². The molecule has 1 N–H and O–H groups in total. The summed E-state index contributed by atoms with van der Waals surface area (Å²) in [7, 11) is 0. The van der Waals surface area contributed by atoms with Gasteiger partial charge in [-0.1, -0.05) is 46.3 Å². The van der Waals surface area contributed by atoms with Gasteiger partial charge < -0.3 is 10.0 Å². The zero-order valence-electron chi connectivity index (χ0n) is 15.6. The zero-order valence-corrected chi connectivity index (χ0v) is 17.2. The van der Waals surface area contributed by atoms with Gasteiger partial charge in [-0.2, -0.15) is 0 Å². The molecule has 1 aliphatic heterocycles. The van der Waals surface area contributed by atoms with E-state index in [9.17, 15) is 14.7 Å². The summed E-state index contributed by atoms with van der Waals surface area (Å²) in [6, 6.07) is 13.7. The van der Waals surface area contributed by atoms with Crippen molar-refractivity contribution in [2.45, 2.75) is 25.4 Å². The zero-order chi connectivity index (χ0) is 20.5. The Morgan fingerprint density at radius 1 is 1.10 bits per heavy atom. The van der Waals surface area contributed by atoms with E-state index in [1.807, 2.05) is 31.2 Å². The quantitative estimate of drug-likeness (QED) is 0.644. The summed E-state index contributed by atoms with van der Waals surface area (Å²) in [5.41, 5.74) is 3.08. The summed E-state index contributed by atoms with van der Waals surface area (Å²) in [4.78, 5) is 35.9. The van der Waals surface area contributed by atoms with Crippen LogP contribution in [-0.4, -0.2) is 31.9 Å². The highest BCUT2D eigenvalue weighted by atomic mass is 79.9. The normalized spacial score (nSPS) is 18.4. The van der Waals surface area contributed by atoms with Crippen molar-refractivity contribution in [3.8, 4) is 0 Å². The average molecular weight is 452 g/mol. The Hall–Kier alpha value is -3.06. The maximum Gasteiger partial charge on any atom is 0.313 e. The number of carboxylic acid groups (broad SMARTS) is 1. The SMILES string of the molecule is Cc1cnc(CN2C(=O)c3ccccc3C(C(=O)O)C2c2ccc(Br)cc2)cn1. The van der Waals surface area contributed by atoms with Crippen molar-refractivity contribution < 1.29 is 14.7 Å². The van der Waals surface area contributed by atoms with Crippen LogP contribution < -0.4 is 0 Å². The third-order valence-corrected chi connectivity index (χ3v) is 5.61. The first-order chi connectivity index (χ1) is 14.0. The highest BCUT2D eigenvalue weighted by Gasteiger charge is 2.44. The molecule has 6 nitrogen and oxygen atoms in total. The van der Waals surface area contributed by atoms with Crippen LogP contribution in [0.15, 0.2) is 65.4 Å². The third kappa shape index (κ3) is 3.65. The van der Waals surface area contributed by atoms with E-state index in [0.717, 1.165) is 15.7 Å². The van der Waals surface area contributed by atoms with Gasteiger partial charge in [0.2, 0.25) is 0 Å². The molecule has 0 radical (unpaired) electrons. The molecule has 0 bridgehead atoms. The van der Waals surface area contributed by atoms with Gasteiger partial charge >= 0.3 is 5.97 Å². The van der Waals surface area contributed by atoms with Crippen LogP contribution in [-0.2, 0) is 11.3 Å². The Bertz CT molecular complexity index is 1070. The van der Waals surface area contributed by atoms with Gasteiger partial charge in [0.25, 0.3) is 5.91 Å². The van der Waals surface area contributed by atoms with Gasteiger partial charge in [-0.05, 0) is 36.2 Å². The topological polar surface area (TPSA) is 83.4 Å². The smallest absolute Gasteiger partial charge is 0.313 e. The largest absolute Gasteiger partial charge is 0.481 e. The van der Waals surface area contributed by atoms with Gasteiger partial charge in [-0.15, -0.1) is 0 Å². The van der Waals surface area contributed by atoms with Crippen molar-refractivity contribution >= 4 is 27.8 Å². The summed E-state index contributed by atoms with van der Waals surface area (Å²) in [5.74, 6) is -2.07. The maximum atomic E-state index is 13.4. The van der Waals surface area contributed by atoms with Crippen molar-refractivity contribution in [2.24, 2.45) is 0 Å². The first kappa shape index (κ1) is 19.3. The van der Waals surface area contributed by atoms with Crippen LogP contribution in [0.3, 0.4) is 0 Å². The Kier molecular flexibility index (Phi) is 5.15. The first-order valence-corrected chi connectivity index (χ1v) is 9.90. The standard InChI is InChI=1S/C22H18BrN3O3/c1-13-10-25-16(11-24-13)12-26-20(14-6-8-15(23)9-7-14)19(22(28)29)17-4-2-3-5-18(17)21(26)27/h2-11,19-20H,12H2,1H3,(H,28,29). The molecule has 3 aromatic rings. The number of hydrogen-bond acceptors (Lipinski definition) is 4. The summed E-state index contributed by atoms with van der Waals surface area (Å²) in [5, 5.41) is 10.1. The molecule has 4 rings (SSSR count). The lowest BCUT2D eigenvalue weighted by molar-refractivity contribution is -0.140. The number of rotatable bonds is 4. The summed E-state index contributed by atoms with van der Waals surface area (Å²) < 4.78 is 0.881. The highest BCUT2D eigenvalue weighted by Crippen LogP contribution is 2.43. The Morgan fingerprint density at radius 3 is 2.48 bits per heavy atom. The molecule has 1 aliphatic rings. The number of benzene rings is 2. The van der Waals surface area contributed by atoms with Gasteiger partial charge in [-0.25, -0.2) is 0 Å². The molecule has 2 unspecified atom stereocenters. The number of carbonyl (C=O) groups is 2. The van der Waals surface area contributed by atoms with E-state index < -0.39 is 17.9 Å². The van der Waals surface area contributed by atoms with E-state index in [2.05, 4.69) is 25.9 Å². The minimum Gasteiger partial charge on any atom is -0.481 e. The van der Waals surface area contributed by atoms with Crippen LogP contribution in [0, 0.1) is 6.92 Å². The van der Waals surface area contributed by atoms with E-state index >= 15 is 0 Å². The van der Waals surface area contributed by atoms with Crippen LogP contribution in [0.1, 0.15) is 44.8 Å². The summed E-state index contributed by atoms with van der Waals surface area (Å²) in [6.07, 6.45) is 3.26. The number of carboxylic acids is 1. The van der Waals surface area contributed by atoms with E-state index in [0.29, 0.717) is 16.8 Å². The molecule has 2 atom stereocenters. The molecule has 0 aliphatic carbocycles. The van der Waals surface area contributed by atoms with Crippen molar-refractivity contribution in [3.05, 3.63) is 93.5 Å². The molecule has 0 saturated heterocycles. The fourth-order valence-corrected chi connectivity index (χ4v) is 4.00. The predicted molar refractivity (Wildman–Crippen MR) is 110 cm³/mol. The summed E-state index contributed by atoms with van der Waals surface area (Å²) >= 11 is 3.41. The van der Waals surface area contributed by atoms with E-state index in [1.165, 1.54) is 0 Å². The van der Waals surface area contributed by atoms with Gasteiger partial charge in [-0.3, -0.25) is 19.6 Å². The molecule has 1 aromatic heterocycles. The fraction of sp³-hybridized carbons (Fsp3) is 0.182. The Morgan fingerprint density at radius 2 is 1.83 bits per heavy atom. The lowest BCUT2D eigenvalue weighted by Gasteiger charge is -2.40. The second-order valence-corrected chi connectivity index (χ2v) is 7.90. The number of aliphatic carboxylic acids is 1. The van der Waals surface area contributed by atoms with Gasteiger partial charge in [0.1, 0.15) is 5.92 Å². The average Bonchev–Trinajstić information content (AvgIpc) is 2.72. The minimum absolute atomic E-state index is 0.172. The van der Waals surface area contributed by atoms with Crippen LogP contribution in [0.2, 0.25) is 0 Å². The minimum atomic E-state index is -0.974. The lowest BCUT2D eigenvalue weighted by atomic mass is 9.79. The second-order valence-electron chi connectivity index (χ2n) is 6.98. The predicted octanol–water partition coefficient (Wildman–Crippen LogP) is 4.11. The van der Waals surface area contributed by atoms with Gasteiger partial charge in [0.05, 0.1) is 30.2 Å². The number of hydrogen-bond donors (Lipinski definition) is 1. The molecule has 1 amide bonds. The molecule has 146 valence electrons. The number of nitrogens with zero attached hydrogens (tertiary/aromatic N) is 3.